The molecule has 0 aromatic heterocycles. The zero-order valence-electron chi connectivity index (χ0n) is 18.2. The van der Waals surface area contributed by atoms with Crippen LogP contribution in [0, 0.1) is 0 Å². The van der Waals surface area contributed by atoms with Gasteiger partial charge in [-0.25, -0.2) is 0 Å². The number of aromatic hydroxyl groups is 1. The first-order valence-corrected chi connectivity index (χ1v) is 9.87. The molecule has 0 radical (unpaired) electrons. The first-order valence-electron chi connectivity index (χ1n) is 7.61. The van der Waals surface area contributed by atoms with Crippen LogP contribution < -0.4 is 64.5 Å². The Morgan fingerprint density at radius 1 is 0.867 bits per heavy atom. The van der Waals surface area contributed by atoms with Crippen LogP contribution in [0.25, 0.3) is 31.7 Å². The molecule has 30 heavy (non-hydrogen) atoms. The maximum Gasteiger partial charge on any atom is 1.00 e. The Balaban J connectivity index is -0.00000140. The third-order valence-corrected chi connectivity index (χ3v) is 6.14. The standard InChI is InChI=1S/C19H12O5S2.2Na.2H2O.2H/c20-11-5-7-13-16(9-11)25-17-10-12(21)6-8-14(17)19(13)15-3-1-2-4-18(15)26(22,23)24;;;;;;/h1-10,20H,(H,22,23,24);;;2*1H2;;/q;2*+1;;;2*-1. The average Bonchev–Trinajstić information content (AvgIpc) is 2.58. The van der Waals surface area contributed by atoms with E-state index in [9.17, 15) is 22.9 Å². The van der Waals surface area contributed by atoms with Crippen LogP contribution in [0.3, 0.4) is 0 Å². The molecule has 2 aromatic carbocycles. The van der Waals surface area contributed by atoms with E-state index in [1.54, 1.807) is 30.3 Å². The molecule has 2 aromatic rings. The Bertz CT molecular complexity index is 1310. The Labute approximate surface area is 223 Å². The fraction of sp³-hybridized carbons (Fsp3) is 0. The van der Waals surface area contributed by atoms with Gasteiger partial charge >= 0.3 is 59.1 Å². The van der Waals surface area contributed by atoms with Crippen LogP contribution >= 0.6 is 11.3 Å². The van der Waals surface area contributed by atoms with Crippen molar-refractivity contribution in [3.05, 3.63) is 70.9 Å². The fourth-order valence-electron chi connectivity index (χ4n) is 3.05. The van der Waals surface area contributed by atoms with Gasteiger partial charge in [-0.1, -0.05) is 18.2 Å². The molecule has 0 unspecified atom stereocenters. The number of rotatable bonds is 2. The first kappa shape index (κ1) is 29.2. The number of phenols is 1. The number of hydrogen-bond acceptors (Lipinski definition) is 5. The van der Waals surface area contributed by atoms with Gasteiger partial charge in [0, 0.05) is 37.7 Å². The van der Waals surface area contributed by atoms with E-state index in [4.69, 9.17) is 0 Å². The Hall–Kier alpha value is -0.820. The quantitative estimate of drug-likeness (QED) is 0.178. The molecule has 1 aliphatic carbocycles. The number of phenolic OH excluding ortho intramolecular Hbond substituents is 1. The molecule has 7 nitrogen and oxygen atoms in total. The summed E-state index contributed by atoms with van der Waals surface area (Å²) in [4.78, 5) is 12.2. The second kappa shape index (κ2) is 11.2. The molecule has 0 fully saturated rings. The summed E-state index contributed by atoms with van der Waals surface area (Å²) >= 11 is 1.33. The zero-order valence-corrected chi connectivity index (χ0v) is 21.8. The maximum absolute atomic E-state index is 11.9. The van der Waals surface area contributed by atoms with E-state index >= 15 is 0 Å². The summed E-state index contributed by atoms with van der Waals surface area (Å²) in [5.41, 5.74) is 1.45. The van der Waals surface area contributed by atoms with E-state index in [2.05, 4.69) is 0 Å². The smallest absolute Gasteiger partial charge is 1.00 e. The van der Waals surface area contributed by atoms with Crippen molar-refractivity contribution in [1.82, 2.24) is 0 Å². The predicted octanol–water partition coefficient (Wildman–Crippen LogP) is -3.43. The Morgan fingerprint density at radius 2 is 1.53 bits per heavy atom. The molecule has 6 N–H and O–H groups in total. The SMILES string of the molecule is O.O.O=c1ccc2c(-c3ccccc3S(=O)(=O)O)c3ccc(O)cc3sc-2c1.[H-].[H-].[Na+].[Na+]. The van der Waals surface area contributed by atoms with Gasteiger partial charge in [-0.15, -0.1) is 11.3 Å². The van der Waals surface area contributed by atoms with Gasteiger partial charge in [0.15, 0.2) is 5.43 Å². The second-order valence-electron chi connectivity index (χ2n) is 5.79. The van der Waals surface area contributed by atoms with E-state index in [1.807, 2.05) is 0 Å². The van der Waals surface area contributed by atoms with Crippen molar-refractivity contribution in [3.63, 3.8) is 0 Å². The van der Waals surface area contributed by atoms with Crippen molar-refractivity contribution >= 4 is 31.5 Å². The molecule has 0 saturated carbocycles. The Morgan fingerprint density at radius 3 is 2.20 bits per heavy atom. The van der Waals surface area contributed by atoms with Gasteiger partial charge in [-0.2, -0.15) is 8.42 Å². The molecule has 4 rings (SSSR count). The molecule has 150 valence electrons. The van der Waals surface area contributed by atoms with Gasteiger partial charge in [0.2, 0.25) is 0 Å². The predicted molar refractivity (Wildman–Crippen MR) is 111 cm³/mol. The van der Waals surface area contributed by atoms with Crippen LogP contribution in [0.15, 0.2) is 70.4 Å². The monoisotopic (exact) mass is 468 g/mol. The topological polar surface area (TPSA) is 155 Å². The minimum absolute atomic E-state index is 0. The summed E-state index contributed by atoms with van der Waals surface area (Å²) in [6.07, 6.45) is 0. The van der Waals surface area contributed by atoms with Gasteiger partial charge in [0.05, 0.1) is 0 Å². The normalized spacial score (nSPS) is 10.3. The van der Waals surface area contributed by atoms with Crippen molar-refractivity contribution < 1.29 is 91.0 Å². The molecular formula is C19H18Na2O7S2. The molecule has 0 bridgehead atoms. The molecule has 0 amide bonds. The van der Waals surface area contributed by atoms with Crippen molar-refractivity contribution in [2.45, 2.75) is 4.90 Å². The Kier molecular flexibility index (Phi) is 10.9. The van der Waals surface area contributed by atoms with Crippen LogP contribution in [-0.2, 0) is 10.1 Å². The largest absolute Gasteiger partial charge is 1.00 e. The number of fused-ring (bicyclic) bond motifs is 2. The van der Waals surface area contributed by atoms with Gasteiger partial charge in [-0.3, -0.25) is 9.35 Å². The third-order valence-electron chi connectivity index (χ3n) is 4.11. The minimum Gasteiger partial charge on any atom is -1.00 e. The molecule has 2 aliphatic rings. The van der Waals surface area contributed by atoms with E-state index in [-0.39, 0.29) is 89.0 Å². The van der Waals surface area contributed by atoms with E-state index in [0.29, 0.717) is 26.3 Å². The summed E-state index contributed by atoms with van der Waals surface area (Å²) in [7, 11) is -4.44. The van der Waals surface area contributed by atoms with Gasteiger partial charge in [-0.05, 0) is 36.4 Å². The zero-order chi connectivity index (χ0) is 18.5. The average molecular weight is 468 g/mol. The van der Waals surface area contributed by atoms with E-state index < -0.39 is 10.1 Å². The van der Waals surface area contributed by atoms with Crippen LogP contribution in [-0.4, -0.2) is 29.0 Å². The molecule has 11 heteroatoms. The summed E-state index contributed by atoms with van der Waals surface area (Å²) in [6, 6.07) is 15.5. The second-order valence-corrected chi connectivity index (χ2v) is 8.26. The fourth-order valence-corrected chi connectivity index (χ4v) is 4.90. The summed E-state index contributed by atoms with van der Waals surface area (Å²) in [5.74, 6) is 0.0698. The molecule has 0 saturated heterocycles. The molecular weight excluding hydrogens is 450 g/mol. The maximum atomic E-state index is 11.9. The van der Waals surface area contributed by atoms with Crippen molar-refractivity contribution in [2.24, 2.45) is 0 Å². The molecule has 1 aliphatic heterocycles. The minimum atomic E-state index is -4.44. The van der Waals surface area contributed by atoms with Gasteiger partial charge < -0.3 is 18.9 Å². The van der Waals surface area contributed by atoms with Crippen molar-refractivity contribution in [1.29, 1.82) is 0 Å². The molecule has 1 heterocycles. The van der Waals surface area contributed by atoms with E-state index in [1.165, 1.54) is 41.7 Å². The van der Waals surface area contributed by atoms with Crippen LogP contribution in [0.1, 0.15) is 2.85 Å². The van der Waals surface area contributed by atoms with Crippen molar-refractivity contribution in [2.75, 3.05) is 0 Å². The molecule has 0 spiro atoms. The third kappa shape index (κ3) is 5.50. The van der Waals surface area contributed by atoms with Crippen molar-refractivity contribution in [3.8, 4) is 27.3 Å². The first-order chi connectivity index (χ1) is 12.3. The summed E-state index contributed by atoms with van der Waals surface area (Å²) in [5, 5.41) is 10.5. The van der Waals surface area contributed by atoms with E-state index in [0.717, 1.165) is 5.39 Å². The number of benzene rings is 3. The summed E-state index contributed by atoms with van der Waals surface area (Å²) in [6.45, 7) is 0. The van der Waals surface area contributed by atoms with Crippen LogP contribution in [0.4, 0.5) is 0 Å². The summed E-state index contributed by atoms with van der Waals surface area (Å²) < 4.78 is 34.1. The van der Waals surface area contributed by atoms with Gasteiger partial charge in [0.1, 0.15) is 10.6 Å². The van der Waals surface area contributed by atoms with Gasteiger partial charge in [0.25, 0.3) is 10.1 Å². The molecule has 0 atom stereocenters. The van der Waals surface area contributed by atoms with Crippen LogP contribution in [0.5, 0.6) is 5.75 Å². The van der Waals surface area contributed by atoms with Crippen LogP contribution in [0.2, 0.25) is 0 Å². The number of hydrogen-bond donors (Lipinski definition) is 2.